The molecule has 3 amide bonds. The van der Waals surface area contributed by atoms with E-state index >= 15 is 0 Å². The van der Waals surface area contributed by atoms with Crippen LogP contribution in [-0.2, 0) is 27.7 Å². The zero-order valence-corrected chi connectivity index (χ0v) is 34.1. The highest BCUT2D eigenvalue weighted by molar-refractivity contribution is 7.90. The molecule has 57 heavy (non-hydrogen) atoms. The molecule has 1 aliphatic rings. The molecule has 0 spiro atoms. The fourth-order valence-corrected chi connectivity index (χ4v) is 8.07. The van der Waals surface area contributed by atoms with Crippen LogP contribution in [0.2, 0.25) is 5.02 Å². The van der Waals surface area contributed by atoms with Crippen molar-refractivity contribution in [3.63, 3.8) is 0 Å². The molecule has 0 saturated carbocycles. The lowest BCUT2D eigenvalue weighted by molar-refractivity contribution is 0.0525. The maximum Gasteiger partial charge on any atom is 0.338 e. The summed E-state index contributed by atoms with van der Waals surface area (Å²) in [5, 5.41) is 5.96. The first-order valence-corrected chi connectivity index (χ1v) is 21.1. The SMILES string of the molecule is CCCCN(CCCC)C(=O)c1nn(-c2ccc(C(=O)NS(=O)(=O)c3ccc4ccc(C(=O)OCC)cc4c3)cc2C(=O)N2CCc3ccccc3C2)c(C)c1Cl. The van der Waals surface area contributed by atoms with Crippen molar-refractivity contribution in [2.24, 2.45) is 0 Å². The van der Waals surface area contributed by atoms with Crippen molar-refractivity contribution in [3.8, 4) is 5.69 Å². The predicted molar refractivity (Wildman–Crippen MR) is 218 cm³/mol. The van der Waals surface area contributed by atoms with Gasteiger partial charge in [0.15, 0.2) is 5.69 Å². The van der Waals surface area contributed by atoms with Gasteiger partial charge in [0.05, 0.1) is 39.0 Å². The molecule has 1 aliphatic heterocycles. The molecular weight excluding hydrogens is 766 g/mol. The smallest absolute Gasteiger partial charge is 0.338 e. The van der Waals surface area contributed by atoms with Crippen molar-refractivity contribution in [2.45, 2.75) is 71.2 Å². The number of hydrogen-bond donors (Lipinski definition) is 1. The number of aromatic nitrogens is 2. The molecule has 0 radical (unpaired) electrons. The van der Waals surface area contributed by atoms with Gasteiger partial charge in [-0.15, -0.1) is 0 Å². The zero-order valence-electron chi connectivity index (χ0n) is 32.5. The van der Waals surface area contributed by atoms with E-state index in [4.69, 9.17) is 16.3 Å². The average Bonchev–Trinajstić information content (AvgIpc) is 3.52. The number of nitrogens with one attached hydrogen (secondary N) is 1. The molecule has 0 atom stereocenters. The van der Waals surface area contributed by atoms with E-state index in [2.05, 4.69) is 23.7 Å². The summed E-state index contributed by atoms with van der Waals surface area (Å²) in [5.41, 5.74) is 3.13. The summed E-state index contributed by atoms with van der Waals surface area (Å²) in [5.74, 6) is -2.22. The lowest BCUT2D eigenvalue weighted by Crippen LogP contribution is -2.37. The number of fused-ring (bicyclic) bond motifs is 2. The van der Waals surface area contributed by atoms with Gasteiger partial charge in [-0.1, -0.05) is 74.7 Å². The number of ether oxygens (including phenoxy) is 1. The summed E-state index contributed by atoms with van der Waals surface area (Å²) < 4.78 is 35.9. The van der Waals surface area contributed by atoms with Crippen LogP contribution in [0.1, 0.15) is 105 Å². The minimum Gasteiger partial charge on any atom is -0.462 e. The van der Waals surface area contributed by atoms with E-state index in [9.17, 15) is 27.6 Å². The Hall–Kier alpha value is -5.53. The maximum atomic E-state index is 14.5. The molecule has 0 fully saturated rings. The number of halogens is 1. The Labute approximate surface area is 337 Å². The monoisotopic (exact) mass is 811 g/mol. The van der Waals surface area contributed by atoms with Crippen LogP contribution in [0.4, 0.5) is 0 Å². The van der Waals surface area contributed by atoms with E-state index in [1.165, 1.54) is 41.1 Å². The van der Waals surface area contributed by atoms with Crippen LogP contribution < -0.4 is 4.72 Å². The summed E-state index contributed by atoms with van der Waals surface area (Å²) >= 11 is 6.81. The second kappa shape index (κ2) is 17.7. The Bertz CT molecular complexity index is 2460. The second-order valence-corrected chi connectivity index (χ2v) is 16.1. The lowest BCUT2D eigenvalue weighted by Gasteiger charge is -2.29. The molecule has 0 saturated heterocycles. The molecule has 298 valence electrons. The summed E-state index contributed by atoms with van der Waals surface area (Å²) in [4.78, 5) is 57.7. The number of amides is 3. The van der Waals surface area contributed by atoms with E-state index in [-0.39, 0.29) is 50.5 Å². The van der Waals surface area contributed by atoms with E-state index < -0.39 is 27.8 Å². The molecular formula is C43H46ClN5O7S. The number of carbonyl (C=O) groups excluding carboxylic acids is 4. The van der Waals surface area contributed by atoms with Crippen LogP contribution >= 0.6 is 11.6 Å². The maximum absolute atomic E-state index is 14.5. The van der Waals surface area contributed by atoms with Gasteiger partial charge in [-0.3, -0.25) is 14.4 Å². The van der Waals surface area contributed by atoms with E-state index in [0.717, 1.165) is 36.8 Å². The third-order valence-electron chi connectivity index (χ3n) is 10.1. The number of benzene rings is 4. The fraction of sp³-hybridized carbons (Fsp3) is 0.326. The number of rotatable bonds is 14. The normalized spacial score (nSPS) is 12.6. The topological polar surface area (TPSA) is 148 Å². The van der Waals surface area contributed by atoms with Crippen LogP contribution in [0.25, 0.3) is 16.5 Å². The highest BCUT2D eigenvalue weighted by Crippen LogP contribution is 2.30. The summed E-state index contributed by atoms with van der Waals surface area (Å²) in [6.45, 7) is 9.53. The van der Waals surface area contributed by atoms with E-state index in [1.54, 1.807) is 41.8 Å². The van der Waals surface area contributed by atoms with Crippen molar-refractivity contribution < 1.29 is 32.3 Å². The molecule has 0 unspecified atom stereocenters. The van der Waals surface area contributed by atoms with Crippen molar-refractivity contribution >= 4 is 56.1 Å². The average molecular weight is 812 g/mol. The quantitative estimate of drug-likeness (QED) is 0.113. The molecule has 1 aromatic heterocycles. The standard InChI is InChI=1S/C43H46ClN5O7S/c1-5-8-21-47(22-9-6-2)42(52)39-38(44)28(4)49(45-39)37-19-17-31(26-36(37)41(51)48-23-20-29-12-10-11-13-33(29)27-48)40(50)46-57(54,55)35-18-16-30-14-15-32(24-34(30)25-35)43(53)56-7-3/h10-19,24-26H,5-9,20-23,27H2,1-4H3,(H,46,50). The van der Waals surface area contributed by atoms with Crippen LogP contribution in [0.3, 0.4) is 0 Å². The molecule has 4 aromatic carbocycles. The molecule has 14 heteroatoms. The molecule has 2 heterocycles. The fourth-order valence-electron chi connectivity index (χ4n) is 6.86. The minimum atomic E-state index is -4.42. The van der Waals surface area contributed by atoms with Crippen molar-refractivity contribution in [1.29, 1.82) is 0 Å². The largest absolute Gasteiger partial charge is 0.462 e. The second-order valence-electron chi connectivity index (χ2n) is 14.0. The Morgan fingerprint density at radius 3 is 2.25 bits per heavy atom. The zero-order chi connectivity index (χ0) is 40.9. The van der Waals surface area contributed by atoms with Crippen LogP contribution in [0.15, 0.2) is 83.8 Å². The number of sulfonamides is 1. The van der Waals surface area contributed by atoms with Crippen LogP contribution in [-0.4, -0.2) is 77.9 Å². The Morgan fingerprint density at radius 2 is 1.54 bits per heavy atom. The van der Waals surface area contributed by atoms with Gasteiger partial charge in [0, 0.05) is 31.7 Å². The lowest BCUT2D eigenvalue weighted by atomic mass is 9.98. The first kappa shape index (κ1) is 41.1. The predicted octanol–water partition coefficient (Wildman–Crippen LogP) is 7.52. The van der Waals surface area contributed by atoms with Gasteiger partial charge >= 0.3 is 5.97 Å². The third-order valence-corrected chi connectivity index (χ3v) is 11.9. The Morgan fingerprint density at radius 1 is 0.860 bits per heavy atom. The number of carbonyl (C=O) groups is 4. The van der Waals surface area contributed by atoms with Gasteiger partial charge < -0.3 is 14.5 Å². The molecule has 6 rings (SSSR count). The van der Waals surface area contributed by atoms with E-state index in [1.807, 2.05) is 24.3 Å². The first-order chi connectivity index (χ1) is 27.4. The third kappa shape index (κ3) is 8.89. The van der Waals surface area contributed by atoms with Crippen molar-refractivity contribution in [3.05, 3.63) is 123 Å². The van der Waals surface area contributed by atoms with Gasteiger partial charge in [-0.25, -0.2) is 22.6 Å². The number of hydrogen-bond acceptors (Lipinski definition) is 8. The van der Waals surface area contributed by atoms with Crippen molar-refractivity contribution in [2.75, 3.05) is 26.2 Å². The van der Waals surface area contributed by atoms with Gasteiger partial charge in [0.25, 0.3) is 27.7 Å². The molecule has 5 aromatic rings. The summed E-state index contributed by atoms with van der Waals surface area (Å²) in [7, 11) is -4.42. The van der Waals surface area contributed by atoms with Gasteiger partial charge in [-0.2, -0.15) is 5.10 Å². The van der Waals surface area contributed by atoms with E-state index in [0.29, 0.717) is 49.1 Å². The van der Waals surface area contributed by atoms with Gasteiger partial charge in [-0.05, 0) is 97.5 Å². The molecule has 0 bridgehead atoms. The van der Waals surface area contributed by atoms with Gasteiger partial charge in [0.2, 0.25) is 0 Å². The Balaban J connectivity index is 1.36. The van der Waals surface area contributed by atoms with Crippen LogP contribution in [0, 0.1) is 6.92 Å². The first-order valence-electron chi connectivity index (χ1n) is 19.2. The molecule has 12 nitrogen and oxygen atoms in total. The molecule has 0 aliphatic carbocycles. The number of nitrogens with zero attached hydrogens (tertiary/aromatic N) is 4. The summed E-state index contributed by atoms with van der Waals surface area (Å²) in [6.07, 6.45) is 4.08. The minimum absolute atomic E-state index is 0.0596. The van der Waals surface area contributed by atoms with Gasteiger partial charge in [0.1, 0.15) is 0 Å². The molecule has 1 N–H and O–H groups in total. The Kier molecular flexibility index (Phi) is 12.8. The summed E-state index contributed by atoms with van der Waals surface area (Å²) in [6, 6.07) is 21.2. The highest BCUT2D eigenvalue weighted by Gasteiger charge is 2.30. The number of unbranched alkanes of at least 4 members (excludes halogenated alkanes) is 2. The number of esters is 1. The highest BCUT2D eigenvalue weighted by atomic mass is 35.5. The van der Waals surface area contributed by atoms with Crippen LogP contribution in [0.5, 0.6) is 0 Å². The van der Waals surface area contributed by atoms with Crippen molar-refractivity contribution in [1.82, 2.24) is 24.3 Å².